The summed E-state index contributed by atoms with van der Waals surface area (Å²) in [5.41, 5.74) is 18.2. The van der Waals surface area contributed by atoms with E-state index in [0.717, 1.165) is 55.9 Å². The summed E-state index contributed by atoms with van der Waals surface area (Å²) in [5.74, 6) is 0.961. The van der Waals surface area contributed by atoms with Crippen LogP contribution in [0.1, 0.15) is 109 Å². The molecule has 16 rings (SSSR count). The Morgan fingerprint density at radius 2 is 0.675 bits per heavy atom. The van der Waals surface area contributed by atoms with E-state index in [1.54, 1.807) is 0 Å². The lowest BCUT2D eigenvalue weighted by Gasteiger charge is -2.31. The van der Waals surface area contributed by atoms with Gasteiger partial charge in [0.15, 0.2) is 11.2 Å². The van der Waals surface area contributed by atoms with Gasteiger partial charge in [-0.3, -0.25) is 0 Å². The quantitative estimate of drug-likeness (QED) is 0.142. The van der Waals surface area contributed by atoms with E-state index in [1.807, 2.05) is 0 Å². The minimum Gasteiger partial charge on any atom is -0.454 e. The molecule has 0 spiro atoms. The normalized spacial score (nSPS) is 14.9. The molecule has 390 valence electrons. The van der Waals surface area contributed by atoms with E-state index in [2.05, 4.69) is 219 Å². The molecule has 2 fully saturated rings. The van der Waals surface area contributed by atoms with E-state index >= 15 is 0 Å². The van der Waals surface area contributed by atoms with E-state index in [4.69, 9.17) is 8.83 Å². The van der Waals surface area contributed by atoms with Crippen molar-refractivity contribution in [3.63, 3.8) is 0 Å². The fourth-order valence-electron chi connectivity index (χ4n) is 15.3. The van der Waals surface area contributed by atoms with E-state index < -0.39 is 0 Å². The summed E-state index contributed by atoms with van der Waals surface area (Å²) in [7, 11) is 0. The number of nitrogens with zero attached hydrogens (tertiary/aromatic N) is 2. The fraction of sp³-hybridized carbons (Fsp3) is 0.211. The van der Waals surface area contributed by atoms with Crippen LogP contribution >= 0.6 is 0 Å². The molecular formula is C76H64N2O2. The monoisotopic (exact) mass is 1040 g/mol. The van der Waals surface area contributed by atoms with Crippen molar-refractivity contribution in [1.29, 1.82) is 0 Å². The highest BCUT2D eigenvalue weighted by Crippen LogP contribution is 2.54. The predicted molar refractivity (Wildman–Crippen MR) is 340 cm³/mol. The second kappa shape index (κ2) is 18.5. The largest absolute Gasteiger partial charge is 0.454 e. The van der Waals surface area contributed by atoms with Crippen LogP contribution in [0.4, 0.5) is 34.1 Å². The zero-order chi connectivity index (χ0) is 53.3. The molecule has 80 heavy (non-hydrogen) atoms. The Morgan fingerprint density at radius 1 is 0.300 bits per heavy atom. The van der Waals surface area contributed by atoms with Crippen LogP contribution < -0.4 is 9.80 Å². The first-order valence-electron chi connectivity index (χ1n) is 29.5. The van der Waals surface area contributed by atoms with Gasteiger partial charge >= 0.3 is 0 Å². The number of hydrogen-bond acceptors (Lipinski definition) is 4. The zero-order valence-corrected chi connectivity index (χ0v) is 46.3. The smallest absolute Gasteiger partial charge is 0.159 e. The predicted octanol–water partition coefficient (Wildman–Crippen LogP) is 23.0. The lowest BCUT2D eigenvalue weighted by Crippen LogP contribution is -2.14. The van der Waals surface area contributed by atoms with Gasteiger partial charge in [-0.2, -0.15) is 0 Å². The highest BCUT2D eigenvalue weighted by Gasteiger charge is 2.31. The minimum absolute atomic E-state index is 0.480. The number of para-hydroxylation sites is 4. The number of aryl methyl sites for hydroxylation is 4. The summed E-state index contributed by atoms with van der Waals surface area (Å²) < 4.78 is 15.0. The molecule has 0 unspecified atom stereocenters. The second-order valence-corrected chi connectivity index (χ2v) is 23.7. The average molecular weight is 1040 g/mol. The third kappa shape index (κ3) is 7.13. The Kier molecular flexibility index (Phi) is 11.0. The van der Waals surface area contributed by atoms with E-state index in [9.17, 15) is 0 Å². The molecule has 0 aliphatic heterocycles. The lowest BCUT2D eigenvalue weighted by molar-refractivity contribution is 0.442. The molecule has 2 aliphatic rings. The molecule has 14 aromatic rings. The van der Waals surface area contributed by atoms with Gasteiger partial charge in [-0.1, -0.05) is 184 Å². The van der Waals surface area contributed by atoms with Gasteiger partial charge in [-0.15, -0.1) is 0 Å². The molecule has 0 bridgehead atoms. The molecule has 0 N–H and O–H groups in total. The van der Waals surface area contributed by atoms with Crippen LogP contribution in [0.2, 0.25) is 0 Å². The van der Waals surface area contributed by atoms with Crippen molar-refractivity contribution in [3.05, 3.63) is 215 Å². The van der Waals surface area contributed by atoms with Crippen LogP contribution in [-0.2, 0) is 0 Å². The van der Waals surface area contributed by atoms with Crippen LogP contribution in [0, 0.1) is 27.7 Å². The fourth-order valence-corrected chi connectivity index (χ4v) is 15.3. The van der Waals surface area contributed by atoms with Crippen molar-refractivity contribution in [2.24, 2.45) is 0 Å². The van der Waals surface area contributed by atoms with Crippen LogP contribution in [-0.4, -0.2) is 0 Å². The van der Waals surface area contributed by atoms with Crippen LogP contribution in [0.3, 0.4) is 0 Å². The second-order valence-electron chi connectivity index (χ2n) is 23.7. The molecule has 12 aromatic carbocycles. The van der Waals surface area contributed by atoms with Gasteiger partial charge in [0.05, 0.1) is 34.1 Å². The van der Waals surface area contributed by atoms with Crippen LogP contribution in [0.25, 0.3) is 97.7 Å². The van der Waals surface area contributed by atoms with Crippen LogP contribution in [0.15, 0.2) is 191 Å². The number of anilines is 6. The maximum absolute atomic E-state index is 7.50. The first-order chi connectivity index (χ1) is 39.4. The SMILES string of the molecule is Cc1cccc(C)c1N(c1ccc2ccc3c(N(c4c(C)cccc4C)c4cccc5c4oc4c(C6CCCCC6)cc6ccccc6c45)ccc4ccc1c2c43)c1cccc2c1oc1c(C3CCCCC3)cc3ccccc3c12. The summed E-state index contributed by atoms with van der Waals surface area (Å²) in [5, 5.41) is 17.2. The molecule has 2 heterocycles. The summed E-state index contributed by atoms with van der Waals surface area (Å²) >= 11 is 0. The first-order valence-corrected chi connectivity index (χ1v) is 29.5. The molecule has 0 saturated heterocycles. The minimum atomic E-state index is 0.480. The Hall–Kier alpha value is -8.60. The number of benzene rings is 12. The van der Waals surface area contributed by atoms with Crippen molar-refractivity contribution >= 4 is 132 Å². The van der Waals surface area contributed by atoms with Gasteiger partial charge in [-0.05, 0) is 178 Å². The Balaban J connectivity index is 0.951. The van der Waals surface area contributed by atoms with E-state index in [0.29, 0.717) is 11.8 Å². The maximum Gasteiger partial charge on any atom is 0.159 e. The van der Waals surface area contributed by atoms with Crippen molar-refractivity contribution in [2.45, 2.75) is 104 Å². The van der Waals surface area contributed by atoms with Gasteiger partial charge in [0.25, 0.3) is 0 Å². The van der Waals surface area contributed by atoms with Crippen LogP contribution in [0.5, 0.6) is 0 Å². The van der Waals surface area contributed by atoms with Gasteiger partial charge in [0.2, 0.25) is 0 Å². The maximum atomic E-state index is 7.50. The number of furan rings is 2. The highest BCUT2D eigenvalue weighted by atomic mass is 16.3. The van der Waals surface area contributed by atoms with E-state index in [-0.39, 0.29) is 0 Å². The third-order valence-corrected chi connectivity index (χ3v) is 19.0. The summed E-state index contributed by atoms with van der Waals surface area (Å²) in [4.78, 5) is 5.06. The van der Waals surface area contributed by atoms with Gasteiger partial charge in [0.1, 0.15) is 11.2 Å². The summed E-state index contributed by atoms with van der Waals surface area (Å²) in [6.07, 6.45) is 12.5. The van der Waals surface area contributed by atoms with Crippen molar-refractivity contribution in [2.75, 3.05) is 9.80 Å². The molecule has 2 saturated carbocycles. The zero-order valence-electron chi connectivity index (χ0n) is 46.3. The lowest BCUT2D eigenvalue weighted by atomic mass is 9.82. The Labute approximate surface area is 467 Å². The van der Waals surface area contributed by atoms with Gasteiger partial charge in [0, 0.05) is 32.3 Å². The molecule has 2 aliphatic carbocycles. The average Bonchev–Trinajstić information content (AvgIpc) is 4.16. The summed E-state index contributed by atoms with van der Waals surface area (Å²) in [6, 6.07) is 68.7. The molecule has 0 atom stereocenters. The van der Waals surface area contributed by atoms with Crippen molar-refractivity contribution in [3.8, 4) is 0 Å². The number of rotatable bonds is 8. The Morgan fingerprint density at radius 3 is 1.10 bits per heavy atom. The third-order valence-electron chi connectivity index (χ3n) is 19.0. The standard InChI is InChI=1S/C76H64N2O2/c1-45-19-15-20-46(2)71(45)77(65-33-17-31-59-69-55-29-13-11-27-53(55)43-61(75(69)79-73(59)65)49-23-7-5-8-24-49)63-41-37-51-36-40-58-64(42-38-52-35-39-57(63)67(51)68(52)58)78(72-47(3)21-16-22-48(72)4)66-34-18-32-60-70-56-30-14-12-28-54(56)44-62(76(70)80-74(60)66)50-25-9-6-10-26-50/h11-22,27-44,49-50H,5-10,23-26H2,1-4H3. The van der Waals surface area contributed by atoms with E-state index in [1.165, 1.54) is 174 Å². The van der Waals surface area contributed by atoms with Gasteiger partial charge < -0.3 is 18.6 Å². The molecule has 0 radical (unpaired) electrons. The first kappa shape index (κ1) is 47.4. The Bertz CT molecular complexity index is 4460. The molecule has 2 aromatic heterocycles. The molecular weight excluding hydrogens is 973 g/mol. The topological polar surface area (TPSA) is 32.8 Å². The van der Waals surface area contributed by atoms with Crippen molar-refractivity contribution < 1.29 is 8.83 Å². The molecule has 4 nitrogen and oxygen atoms in total. The number of fused-ring (bicyclic) bond motifs is 10. The highest BCUT2D eigenvalue weighted by molar-refractivity contribution is 6.30. The number of hydrogen-bond donors (Lipinski definition) is 0. The molecule has 4 heteroatoms. The molecule has 0 amide bonds. The van der Waals surface area contributed by atoms with Gasteiger partial charge in [-0.25, -0.2) is 0 Å². The van der Waals surface area contributed by atoms with Crippen molar-refractivity contribution in [1.82, 2.24) is 0 Å². The summed E-state index contributed by atoms with van der Waals surface area (Å²) in [6.45, 7) is 9.04.